The molecule has 0 aromatic carbocycles. The average molecular weight is 238 g/mol. The van der Waals surface area contributed by atoms with Crippen LogP contribution in [0, 0.1) is 11.3 Å². The fourth-order valence-corrected chi connectivity index (χ4v) is 3.91. The zero-order chi connectivity index (χ0) is 12.3. The highest BCUT2D eigenvalue weighted by Crippen LogP contribution is 2.37. The van der Waals surface area contributed by atoms with Crippen LogP contribution in [0.25, 0.3) is 0 Å². The van der Waals surface area contributed by atoms with Gasteiger partial charge in [-0.3, -0.25) is 0 Å². The van der Waals surface area contributed by atoms with Crippen molar-refractivity contribution in [3.05, 3.63) is 0 Å². The summed E-state index contributed by atoms with van der Waals surface area (Å²) in [6.45, 7) is 8.85. The van der Waals surface area contributed by atoms with Crippen LogP contribution in [0.2, 0.25) is 0 Å². The zero-order valence-electron chi connectivity index (χ0n) is 12.0. The number of likely N-dealkylation sites (tertiary alicyclic amines) is 1. The first-order valence-corrected chi connectivity index (χ1v) is 7.53. The van der Waals surface area contributed by atoms with E-state index in [1.54, 1.807) is 0 Å². The van der Waals surface area contributed by atoms with Crippen molar-refractivity contribution < 1.29 is 0 Å². The van der Waals surface area contributed by atoms with Gasteiger partial charge in [0.05, 0.1) is 0 Å². The van der Waals surface area contributed by atoms with Crippen molar-refractivity contribution in [2.45, 2.75) is 58.4 Å². The third-order valence-electron chi connectivity index (χ3n) is 5.03. The first-order valence-electron chi connectivity index (χ1n) is 7.53. The summed E-state index contributed by atoms with van der Waals surface area (Å²) in [7, 11) is 2.11. The van der Waals surface area contributed by atoms with Gasteiger partial charge in [-0.2, -0.15) is 0 Å². The molecule has 0 amide bonds. The Kier molecular flexibility index (Phi) is 4.48. The summed E-state index contributed by atoms with van der Waals surface area (Å²) >= 11 is 0. The molecule has 1 heterocycles. The summed E-state index contributed by atoms with van der Waals surface area (Å²) in [4.78, 5) is 2.73. The molecule has 0 aromatic heterocycles. The highest BCUT2D eigenvalue weighted by molar-refractivity contribution is 4.87. The summed E-state index contributed by atoms with van der Waals surface area (Å²) in [5.41, 5.74) is 0.616. The van der Waals surface area contributed by atoms with Crippen molar-refractivity contribution in [3.8, 4) is 0 Å². The van der Waals surface area contributed by atoms with E-state index >= 15 is 0 Å². The Morgan fingerprint density at radius 1 is 1.24 bits per heavy atom. The third kappa shape index (κ3) is 3.45. The van der Waals surface area contributed by atoms with Gasteiger partial charge in [0.1, 0.15) is 0 Å². The van der Waals surface area contributed by atoms with Crippen LogP contribution >= 0.6 is 0 Å². The largest absolute Gasteiger partial charge is 0.317 e. The Labute approximate surface area is 107 Å². The lowest BCUT2D eigenvalue weighted by molar-refractivity contribution is 0.0770. The number of hydrogen-bond acceptors (Lipinski definition) is 2. The van der Waals surface area contributed by atoms with Crippen LogP contribution in [0.15, 0.2) is 0 Å². The molecule has 1 saturated heterocycles. The Hall–Kier alpha value is -0.0800. The minimum Gasteiger partial charge on any atom is -0.317 e. The van der Waals surface area contributed by atoms with Gasteiger partial charge >= 0.3 is 0 Å². The van der Waals surface area contributed by atoms with E-state index in [0.29, 0.717) is 5.41 Å². The Bertz CT molecular complexity index is 233. The highest BCUT2D eigenvalue weighted by Gasteiger charge is 2.32. The van der Waals surface area contributed by atoms with Gasteiger partial charge in [-0.05, 0) is 44.2 Å². The normalized spacial score (nSPS) is 34.8. The van der Waals surface area contributed by atoms with E-state index in [0.717, 1.165) is 12.0 Å². The molecule has 2 aliphatic rings. The molecule has 0 radical (unpaired) electrons. The van der Waals surface area contributed by atoms with E-state index in [2.05, 4.69) is 31.1 Å². The number of rotatable bonds is 3. The minimum absolute atomic E-state index is 0.616. The van der Waals surface area contributed by atoms with E-state index in [1.165, 1.54) is 58.2 Å². The fourth-order valence-electron chi connectivity index (χ4n) is 3.91. The maximum atomic E-state index is 3.46. The molecule has 2 atom stereocenters. The topological polar surface area (TPSA) is 15.3 Å². The van der Waals surface area contributed by atoms with Crippen molar-refractivity contribution in [2.75, 3.05) is 26.7 Å². The minimum atomic E-state index is 0.616. The molecule has 2 unspecified atom stereocenters. The Morgan fingerprint density at radius 2 is 1.94 bits per heavy atom. The van der Waals surface area contributed by atoms with Crippen LogP contribution < -0.4 is 5.32 Å². The van der Waals surface area contributed by atoms with Crippen LogP contribution in [-0.4, -0.2) is 37.6 Å². The van der Waals surface area contributed by atoms with Crippen LogP contribution in [0.1, 0.15) is 52.4 Å². The van der Waals surface area contributed by atoms with Gasteiger partial charge in [0.15, 0.2) is 0 Å². The Balaban J connectivity index is 1.83. The molecule has 1 aliphatic heterocycles. The van der Waals surface area contributed by atoms with Crippen LogP contribution in [0.4, 0.5) is 0 Å². The second kappa shape index (κ2) is 5.71. The molecule has 0 aromatic rings. The average Bonchev–Trinajstić information content (AvgIpc) is 2.29. The molecule has 0 spiro atoms. The molecule has 2 heteroatoms. The number of nitrogens with zero attached hydrogens (tertiary/aromatic N) is 1. The van der Waals surface area contributed by atoms with E-state index < -0.39 is 0 Å². The van der Waals surface area contributed by atoms with Gasteiger partial charge in [0, 0.05) is 19.1 Å². The number of nitrogens with one attached hydrogen (secondary N) is 1. The standard InChI is InChI=1S/C15H30N2/c1-13-11-17(10-7-14(13)16-3)12-15(2)8-5-4-6-9-15/h13-14,16H,4-12H2,1-3H3. The lowest BCUT2D eigenvalue weighted by atomic mass is 9.75. The van der Waals surface area contributed by atoms with Crippen LogP contribution in [0.3, 0.4) is 0 Å². The van der Waals surface area contributed by atoms with Gasteiger partial charge in [-0.25, -0.2) is 0 Å². The molecule has 1 saturated carbocycles. The summed E-state index contributed by atoms with van der Waals surface area (Å²) in [5.74, 6) is 0.806. The molecular weight excluding hydrogens is 208 g/mol. The van der Waals surface area contributed by atoms with Crippen molar-refractivity contribution in [1.82, 2.24) is 10.2 Å². The monoisotopic (exact) mass is 238 g/mol. The first kappa shape index (κ1) is 13.4. The predicted molar refractivity (Wildman–Crippen MR) is 74.3 cm³/mol. The molecule has 2 rings (SSSR count). The molecule has 1 aliphatic carbocycles. The quantitative estimate of drug-likeness (QED) is 0.813. The second-order valence-corrected chi connectivity index (χ2v) is 6.77. The van der Waals surface area contributed by atoms with Crippen molar-refractivity contribution in [1.29, 1.82) is 0 Å². The van der Waals surface area contributed by atoms with E-state index in [-0.39, 0.29) is 0 Å². The van der Waals surface area contributed by atoms with Crippen molar-refractivity contribution in [2.24, 2.45) is 11.3 Å². The van der Waals surface area contributed by atoms with E-state index in [4.69, 9.17) is 0 Å². The first-order chi connectivity index (χ1) is 8.13. The fraction of sp³-hybridized carbons (Fsp3) is 1.00. The van der Waals surface area contributed by atoms with Gasteiger partial charge in [-0.1, -0.05) is 33.1 Å². The van der Waals surface area contributed by atoms with E-state index in [1.807, 2.05) is 0 Å². The van der Waals surface area contributed by atoms with E-state index in [9.17, 15) is 0 Å². The number of piperidine rings is 1. The molecule has 17 heavy (non-hydrogen) atoms. The highest BCUT2D eigenvalue weighted by atomic mass is 15.2. The molecule has 2 nitrogen and oxygen atoms in total. The Morgan fingerprint density at radius 3 is 2.53 bits per heavy atom. The smallest absolute Gasteiger partial charge is 0.0114 e. The van der Waals surface area contributed by atoms with Crippen LogP contribution in [0.5, 0.6) is 0 Å². The van der Waals surface area contributed by atoms with Gasteiger partial charge < -0.3 is 10.2 Å². The summed E-state index contributed by atoms with van der Waals surface area (Å²) in [6.07, 6.45) is 8.61. The SMILES string of the molecule is CNC1CCN(CC2(C)CCCCC2)CC1C. The molecule has 2 fully saturated rings. The number of hydrogen-bond donors (Lipinski definition) is 1. The summed E-state index contributed by atoms with van der Waals surface area (Å²) < 4.78 is 0. The van der Waals surface area contributed by atoms with Crippen molar-refractivity contribution >= 4 is 0 Å². The van der Waals surface area contributed by atoms with Gasteiger partial charge in [0.2, 0.25) is 0 Å². The maximum Gasteiger partial charge on any atom is 0.0114 e. The molecular formula is C15H30N2. The summed E-state index contributed by atoms with van der Waals surface area (Å²) in [5, 5.41) is 3.46. The molecule has 100 valence electrons. The third-order valence-corrected chi connectivity index (χ3v) is 5.03. The molecule has 1 N–H and O–H groups in total. The van der Waals surface area contributed by atoms with Gasteiger partial charge in [-0.15, -0.1) is 0 Å². The maximum absolute atomic E-state index is 3.46. The zero-order valence-corrected chi connectivity index (χ0v) is 12.0. The molecule has 0 bridgehead atoms. The van der Waals surface area contributed by atoms with Crippen LogP contribution in [-0.2, 0) is 0 Å². The predicted octanol–water partition coefficient (Wildman–Crippen LogP) is 2.89. The summed E-state index contributed by atoms with van der Waals surface area (Å²) in [6, 6.07) is 0.741. The van der Waals surface area contributed by atoms with Crippen molar-refractivity contribution in [3.63, 3.8) is 0 Å². The lowest BCUT2D eigenvalue weighted by Gasteiger charge is -2.43. The van der Waals surface area contributed by atoms with Gasteiger partial charge in [0.25, 0.3) is 0 Å². The lowest BCUT2D eigenvalue weighted by Crippen LogP contribution is -2.50. The second-order valence-electron chi connectivity index (χ2n) is 6.77.